The smallest absolute Gasteiger partial charge is 0.275 e. The Hall–Kier alpha value is -3.15. The molecule has 0 saturated carbocycles. The van der Waals surface area contributed by atoms with E-state index in [9.17, 15) is 9.59 Å². The second kappa shape index (κ2) is 7.82. The van der Waals surface area contributed by atoms with E-state index in [0.29, 0.717) is 18.5 Å². The van der Waals surface area contributed by atoms with Gasteiger partial charge in [0.2, 0.25) is 5.91 Å². The maximum absolute atomic E-state index is 12.4. The molecule has 6 nitrogen and oxygen atoms in total. The highest BCUT2D eigenvalue weighted by Gasteiger charge is 2.12. The molecular formula is C20H21N3O3. The number of carbonyl (C=O) groups excluding carboxylic acids is 1. The van der Waals surface area contributed by atoms with Gasteiger partial charge in [-0.1, -0.05) is 35.9 Å². The van der Waals surface area contributed by atoms with Gasteiger partial charge in [-0.05, 0) is 25.1 Å². The minimum Gasteiger partial charge on any atom is -0.492 e. The van der Waals surface area contributed by atoms with Crippen LogP contribution in [-0.2, 0) is 11.3 Å². The topological polar surface area (TPSA) is 64.4 Å². The van der Waals surface area contributed by atoms with E-state index >= 15 is 0 Å². The van der Waals surface area contributed by atoms with Gasteiger partial charge in [0, 0.05) is 12.4 Å². The van der Waals surface area contributed by atoms with Gasteiger partial charge < -0.3 is 9.64 Å². The minimum atomic E-state index is -0.263. The van der Waals surface area contributed by atoms with Crippen LogP contribution in [0.5, 0.6) is 5.75 Å². The van der Waals surface area contributed by atoms with Crippen LogP contribution in [0.4, 0.5) is 0 Å². The number of ether oxygens (including phenoxy) is 1. The Balaban J connectivity index is 1.58. The van der Waals surface area contributed by atoms with Crippen molar-refractivity contribution in [2.24, 2.45) is 0 Å². The van der Waals surface area contributed by atoms with Crippen molar-refractivity contribution in [3.05, 3.63) is 70.6 Å². The van der Waals surface area contributed by atoms with Gasteiger partial charge >= 0.3 is 0 Å². The lowest BCUT2D eigenvalue weighted by atomic mass is 10.2. The normalized spacial score (nSPS) is 10.7. The van der Waals surface area contributed by atoms with Crippen molar-refractivity contribution in [3.8, 4) is 5.75 Å². The number of hydrogen-bond acceptors (Lipinski definition) is 4. The molecule has 26 heavy (non-hydrogen) atoms. The van der Waals surface area contributed by atoms with Crippen LogP contribution in [0.25, 0.3) is 10.8 Å². The van der Waals surface area contributed by atoms with Crippen molar-refractivity contribution < 1.29 is 9.53 Å². The molecule has 6 heteroatoms. The van der Waals surface area contributed by atoms with Gasteiger partial charge in [-0.15, -0.1) is 0 Å². The number of likely N-dealkylation sites (N-methyl/N-ethyl adjacent to an activating group) is 1. The Bertz CT molecular complexity index is 964. The Morgan fingerprint density at radius 3 is 2.65 bits per heavy atom. The zero-order valence-electron chi connectivity index (χ0n) is 14.9. The fourth-order valence-electron chi connectivity index (χ4n) is 2.55. The molecule has 3 aromatic rings. The van der Waals surface area contributed by atoms with Crippen LogP contribution in [0.15, 0.2) is 59.5 Å². The molecule has 1 heterocycles. The van der Waals surface area contributed by atoms with Crippen LogP contribution in [0, 0.1) is 6.92 Å². The molecular weight excluding hydrogens is 330 g/mol. The molecule has 1 aromatic heterocycles. The standard InChI is InChI=1S/C20H21N3O3/c1-15-7-9-17(10-8-15)26-12-11-22(2)19(24)14-23-20(25)18-6-4-3-5-16(18)13-21-23/h3-10,13H,11-12,14H2,1-2H3. The van der Waals surface area contributed by atoms with Crippen molar-refractivity contribution in [3.63, 3.8) is 0 Å². The van der Waals surface area contributed by atoms with E-state index in [1.165, 1.54) is 9.58 Å². The van der Waals surface area contributed by atoms with E-state index in [2.05, 4.69) is 5.10 Å². The third-order valence-electron chi connectivity index (χ3n) is 4.19. The summed E-state index contributed by atoms with van der Waals surface area (Å²) in [5.41, 5.74) is 0.902. The van der Waals surface area contributed by atoms with Gasteiger partial charge in [-0.25, -0.2) is 4.68 Å². The number of rotatable bonds is 6. The maximum atomic E-state index is 12.4. The fourth-order valence-corrected chi connectivity index (χ4v) is 2.55. The second-order valence-electron chi connectivity index (χ2n) is 6.17. The first-order valence-electron chi connectivity index (χ1n) is 8.43. The first-order chi connectivity index (χ1) is 12.5. The molecule has 0 aliphatic heterocycles. The molecule has 0 fully saturated rings. The first-order valence-corrected chi connectivity index (χ1v) is 8.43. The van der Waals surface area contributed by atoms with E-state index in [1.807, 2.05) is 43.3 Å². The summed E-state index contributed by atoms with van der Waals surface area (Å²) < 4.78 is 6.83. The lowest BCUT2D eigenvalue weighted by molar-refractivity contribution is -0.131. The van der Waals surface area contributed by atoms with Crippen LogP contribution in [-0.4, -0.2) is 40.8 Å². The number of aromatic nitrogens is 2. The fraction of sp³-hybridized carbons (Fsp3) is 0.250. The number of nitrogens with zero attached hydrogens (tertiary/aromatic N) is 3. The van der Waals surface area contributed by atoms with E-state index in [4.69, 9.17) is 4.74 Å². The van der Waals surface area contributed by atoms with Crippen LogP contribution in [0.2, 0.25) is 0 Å². The Labute approximate surface area is 151 Å². The molecule has 0 radical (unpaired) electrons. The lowest BCUT2D eigenvalue weighted by Crippen LogP contribution is -2.37. The number of benzene rings is 2. The number of carbonyl (C=O) groups is 1. The quantitative estimate of drug-likeness (QED) is 0.683. The van der Waals surface area contributed by atoms with E-state index in [0.717, 1.165) is 16.7 Å². The lowest BCUT2D eigenvalue weighted by Gasteiger charge is -2.18. The minimum absolute atomic E-state index is 0.0926. The molecule has 2 aromatic carbocycles. The van der Waals surface area contributed by atoms with Crippen LogP contribution >= 0.6 is 0 Å². The Morgan fingerprint density at radius 2 is 1.88 bits per heavy atom. The molecule has 0 aliphatic carbocycles. The Kier molecular flexibility index (Phi) is 5.31. The summed E-state index contributed by atoms with van der Waals surface area (Å²) in [6, 6.07) is 14.9. The van der Waals surface area contributed by atoms with Crippen molar-refractivity contribution in [2.45, 2.75) is 13.5 Å². The van der Waals surface area contributed by atoms with Gasteiger partial charge in [0.15, 0.2) is 0 Å². The van der Waals surface area contributed by atoms with Gasteiger partial charge in [0.25, 0.3) is 5.56 Å². The van der Waals surface area contributed by atoms with E-state index < -0.39 is 0 Å². The molecule has 0 spiro atoms. The molecule has 1 amide bonds. The van der Waals surface area contributed by atoms with Crippen LogP contribution < -0.4 is 10.3 Å². The van der Waals surface area contributed by atoms with Crippen molar-refractivity contribution in [1.82, 2.24) is 14.7 Å². The highest BCUT2D eigenvalue weighted by molar-refractivity contribution is 5.81. The second-order valence-corrected chi connectivity index (χ2v) is 6.17. The summed E-state index contributed by atoms with van der Waals surface area (Å²) in [5, 5.41) is 5.41. The largest absolute Gasteiger partial charge is 0.492 e. The number of amides is 1. The van der Waals surface area contributed by atoms with Gasteiger partial charge in [0.1, 0.15) is 18.9 Å². The SMILES string of the molecule is Cc1ccc(OCCN(C)C(=O)Cn2ncc3ccccc3c2=O)cc1. The molecule has 0 aliphatic rings. The van der Waals surface area contributed by atoms with Gasteiger partial charge in [-0.2, -0.15) is 5.10 Å². The van der Waals surface area contributed by atoms with Crippen LogP contribution in [0.3, 0.4) is 0 Å². The predicted molar refractivity (Wildman–Crippen MR) is 100 cm³/mol. The monoisotopic (exact) mass is 351 g/mol. The summed E-state index contributed by atoms with van der Waals surface area (Å²) in [5.74, 6) is 0.575. The third kappa shape index (κ3) is 4.08. The number of hydrogen-bond donors (Lipinski definition) is 0. The van der Waals surface area contributed by atoms with Crippen LogP contribution in [0.1, 0.15) is 5.56 Å². The highest BCUT2D eigenvalue weighted by Crippen LogP contribution is 2.11. The zero-order valence-corrected chi connectivity index (χ0v) is 14.9. The summed E-state index contributed by atoms with van der Waals surface area (Å²) in [6.07, 6.45) is 1.60. The Morgan fingerprint density at radius 1 is 1.15 bits per heavy atom. The maximum Gasteiger partial charge on any atom is 0.275 e. The van der Waals surface area contributed by atoms with Crippen molar-refractivity contribution in [2.75, 3.05) is 20.2 Å². The van der Waals surface area contributed by atoms with E-state index in [-0.39, 0.29) is 18.0 Å². The predicted octanol–water partition coefficient (Wildman–Crippen LogP) is 2.24. The third-order valence-corrected chi connectivity index (χ3v) is 4.19. The zero-order chi connectivity index (χ0) is 18.5. The van der Waals surface area contributed by atoms with Gasteiger partial charge in [-0.3, -0.25) is 9.59 Å². The first kappa shape index (κ1) is 17.7. The summed E-state index contributed by atoms with van der Waals surface area (Å²) in [6.45, 7) is 2.73. The summed E-state index contributed by atoms with van der Waals surface area (Å²) in [4.78, 5) is 26.3. The highest BCUT2D eigenvalue weighted by atomic mass is 16.5. The molecule has 0 bridgehead atoms. The van der Waals surface area contributed by atoms with Gasteiger partial charge in [0.05, 0.1) is 18.1 Å². The molecule has 0 N–H and O–H groups in total. The van der Waals surface area contributed by atoms with Crippen molar-refractivity contribution >= 4 is 16.7 Å². The number of fused-ring (bicyclic) bond motifs is 1. The molecule has 0 unspecified atom stereocenters. The average molecular weight is 351 g/mol. The average Bonchev–Trinajstić information content (AvgIpc) is 2.65. The summed E-state index contributed by atoms with van der Waals surface area (Å²) >= 11 is 0. The molecule has 3 rings (SSSR count). The molecule has 134 valence electrons. The van der Waals surface area contributed by atoms with E-state index in [1.54, 1.807) is 25.4 Å². The molecule has 0 atom stereocenters. The molecule has 0 saturated heterocycles. The number of aryl methyl sites for hydroxylation is 1. The van der Waals surface area contributed by atoms with Crippen molar-refractivity contribution in [1.29, 1.82) is 0 Å². The summed E-state index contributed by atoms with van der Waals surface area (Å²) in [7, 11) is 1.69.